The topological polar surface area (TPSA) is 29.0 Å². The van der Waals surface area contributed by atoms with Crippen molar-refractivity contribution in [2.24, 2.45) is 0 Å². The summed E-state index contributed by atoms with van der Waals surface area (Å²) in [6.07, 6.45) is -4.25. The fourth-order valence-electron chi connectivity index (χ4n) is 0.866. The minimum absolute atomic E-state index is 0.107. The van der Waals surface area contributed by atoms with Gasteiger partial charge in [0.25, 0.3) is 0 Å². The molecular weight excluding hydrogens is 239 g/mol. The highest BCUT2D eigenvalue weighted by molar-refractivity contribution is 7.13. The molecule has 0 spiro atoms. The number of aromatic nitrogens is 2. The Morgan fingerprint density at radius 2 is 2.21 bits per heavy atom. The van der Waals surface area contributed by atoms with Gasteiger partial charge in [0.2, 0.25) is 5.13 Å². The van der Waals surface area contributed by atoms with Crippen LogP contribution >= 0.6 is 22.9 Å². The molecule has 1 aromatic heterocycles. The van der Waals surface area contributed by atoms with Crippen molar-refractivity contribution in [3.8, 4) is 0 Å². The zero-order valence-corrected chi connectivity index (χ0v) is 8.53. The summed E-state index contributed by atoms with van der Waals surface area (Å²) in [4.78, 5) is 1.06. The first kappa shape index (κ1) is 11.5. The summed E-state index contributed by atoms with van der Waals surface area (Å²) in [7, 11) is 0. The van der Waals surface area contributed by atoms with Gasteiger partial charge in [0.05, 0.1) is 0 Å². The van der Waals surface area contributed by atoms with Crippen molar-refractivity contribution >= 4 is 28.1 Å². The van der Waals surface area contributed by atoms with Crippen molar-refractivity contribution in [3.63, 3.8) is 0 Å². The van der Waals surface area contributed by atoms with Gasteiger partial charge in [-0.05, 0) is 0 Å². The zero-order valence-electron chi connectivity index (χ0n) is 6.96. The molecule has 8 heteroatoms. The summed E-state index contributed by atoms with van der Waals surface area (Å²) >= 11 is 6.45. The monoisotopic (exact) mass is 245 g/mol. The molecule has 1 heterocycles. The van der Waals surface area contributed by atoms with E-state index in [1.807, 2.05) is 0 Å². The molecule has 0 aromatic carbocycles. The fourth-order valence-corrected chi connectivity index (χ4v) is 1.66. The minimum Gasteiger partial charge on any atom is -0.336 e. The van der Waals surface area contributed by atoms with Crippen LogP contribution in [0.2, 0.25) is 0 Å². The molecule has 0 aliphatic carbocycles. The minimum atomic E-state index is -4.25. The molecule has 0 unspecified atom stereocenters. The number of alkyl halides is 4. The van der Waals surface area contributed by atoms with Crippen molar-refractivity contribution < 1.29 is 13.2 Å². The lowest BCUT2D eigenvalue weighted by Crippen LogP contribution is -2.35. The zero-order chi connectivity index (χ0) is 10.6. The highest BCUT2D eigenvalue weighted by atomic mass is 35.5. The summed E-state index contributed by atoms with van der Waals surface area (Å²) in [5.41, 5.74) is 1.38. The van der Waals surface area contributed by atoms with Crippen molar-refractivity contribution in [3.05, 3.63) is 5.51 Å². The number of rotatable bonds is 4. The first-order valence-corrected chi connectivity index (χ1v) is 5.08. The molecule has 0 aliphatic rings. The Morgan fingerprint density at radius 3 is 2.64 bits per heavy atom. The molecule has 1 rings (SSSR count). The van der Waals surface area contributed by atoms with E-state index in [1.165, 1.54) is 5.51 Å². The average molecular weight is 246 g/mol. The maximum absolute atomic E-state index is 12.1. The molecule has 0 amide bonds. The fraction of sp³-hybridized carbons (Fsp3) is 0.667. The maximum atomic E-state index is 12.1. The van der Waals surface area contributed by atoms with Gasteiger partial charge in [-0.15, -0.1) is 21.8 Å². The van der Waals surface area contributed by atoms with Crippen LogP contribution in [-0.4, -0.2) is 35.3 Å². The van der Waals surface area contributed by atoms with Gasteiger partial charge >= 0.3 is 6.18 Å². The number of halogens is 4. The molecule has 1 aromatic rings. The van der Waals surface area contributed by atoms with Gasteiger partial charge in [0, 0.05) is 12.4 Å². The molecule has 0 N–H and O–H groups in total. The Bertz CT molecular complexity index is 264. The molecule has 0 bridgehead atoms. The van der Waals surface area contributed by atoms with E-state index in [2.05, 4.69) is 10.2 Å². The van der Waals surface area contributed by atoms with Crippen LogP contribution in [0.25, 0.3) is 0 Å². The summed E-state index contributed by atoms with van der Waals surface area (Å²) in [6, 6.07) is 0. The molecule has 3 nitrogen and oxygen atoms in total. The van der Waals surface area contributed by atoms with Crippen LogP contribution in [0.5, 0.6) is 0 Å². The second-order valence-corrected chi connectivity index (χ2v) is 3.64. The van der Waals surface area contributed by atoms with Gasteiger partial charge in [-0.25, -0.2) is 0 Å². The predicted octanol–water partition coefficient (Wildman–Crippen LogP) is 2.15. The third kappa shape index (κ3) is 3.67. The van der Waals surface area contributed by atoms with E-state index in [-0.39, 0.29) is 17.6 Å². The van der Waals surface area contributed by atoms with Gasteiger partial charge in [-0.1, -0.05) is 11.3 Å². The van der Waals surface area contributed by atoms with Crippen molar-refractivity contribution in [2.45, 2.75) is 6.18 Å². The van der Waals surface area contributed by atoms with Crippen molar-refractivity contribution in [1.29, 1.82) is 0 Å². The highest BCUT2D eigenvalue weighted by Crippen LogP contribution is 2.22. The third-order valence-electron chi connectivity index (χ3n) is 1.34. The molecule has 0 saturated carbocycles. The number of nitrogens with zero attached hydrogens (tertiary/aromatic N) is 3. The smallest absolute Gasteiger partial charge is 0.336 e. The van der Waals surface area contributed by atoms with Gasteiger partial charge in [0.1, 0.15) is 12.1 Å². The van der Waals surface area contributed by atoms with E-state index < -0.39 is 12.7 Å². The number of hydrogen-bond donors (Lipinski definition) is 0. The van der Waals surface area contributed by atoms with Crippen molar-refractivity contribution in [1.82, 2.24) is 10.2 Å². The lowest BCUT2D eigenvalue weighted by Gasteiger charge is -2.21. The largest absolute Gasteiger partial charge is 0.406 e. The SMILES string of the molecule is FC(F)(F)CN(CCCl)c1nncs1. The van der Waals surface area contributed by atoms with Crippen LogP contribution in [-0.2, 0) is 0 Å². The predicted molar refractivity (Wildman–Crippen MR) is 48.9 cm³/mol. The number of anilines is 1. The van der Waals surface area contributed by atoms with Gasteiger partial charge in [0.15, 0.2) is 0 Å². The first-order valence-electron chi connectivity index (χ1n) is 3.67. The molecule has 0 radical (unpaired) electrons. The van der Waals surface area contributed by atoms with Crippen molar-refractivity contribution in [2.75, 3.05) is 23.9 Å². The molecule has 0 atom stereocenters. The van der Waals surface area contributed by atoms with E-state index in [0.717, 1.165) is 16.2 Å². The molecule has 0 saturated heterocycles. The quantitative estimate of drug-likeness (QED) is 0.761. The maximum Gasteiger partial charge on any atom is 0.406 e. The lowest BCUT2D eigenvalue weighted by atomic mass is 10.5. The summed E-state index contributed by atoms with van der Waals surface area (Å²) in [5.74, 6) is 0.121. The van der Waals surface area contributed by atoms with Crippen LogP contribution in [0, 0.1) is 0 Å². The Balaban J connectivity index is 2.65. The van der Waals surface area contributed by atoms with Gasteiger partial charge < -0.3 is 4.90 Å². The van der Waals surface area contributed by atoms with E-state index >= 15 is 0 Å². The second-order valence-electron chi connectivity index (χ2n) is 2.45. The summed E-state index contributed by atoms with van der Waals surface area (Å²) in [6.45, 7) is -0.939. The Hall–Kier alpha value is -0.560. The third-order valence-corrected chi connectivity index (χ3v) is 2.26. The molecule has 0 fully saturated rings. The summed E-state index contributed by atoms with van der Waals surface area (Å²) in [5, 5.41) is 7.27. The molecule has 80 valence electrons. The van der Waals surface area contributed by atoms with E-state index in [9.17, 15) is 13.2 Å². The van der Waals surface area contributed by atoms with Gasteiger partial charge in [-0.2, -0.15) is 13.2 Å². The van der Waals surface area contributed by atoms with Crippen LogP contribution in [0.15, 0.2) is 5.51 Å². The Morgan fingerprint density at radius 1 is 1.50 bits per heavy atom. The highest BCUT2D eigenvalue weighted by Gasteiger charge is 2.31. The molecular formula is C6H7ClF3N3S. The van der Waals surface area contributed by atoms with Crippen LogP contribution < -0.4 is 4.90 Å². The van der Waals surface area contributed by atoms with Crippen LogP contribution in [0.1, 0.15) is 0 Å². The Kier molecular flexibility index (Phi) is 3.94. The average Bonchev–Trinajstić information content (AvgIpc) is 2.52. The molecule has 14 heavy (non-hydrogen) atoms. The van der Waals surface area contributed by atoms with Crippen LogP contribution in [0.4, 0.5) is 18.3 Å². The molecule has 0 aliphatic heterocycles. The van der Waals surface area contributed by atoms with E-state index in [4.69, 9.17) is 11.6 Å². The standard InChI is InChI=1S/C6H7ClF3N3S/c7-1-2-13(3-6(8,9)10)5-12-11-4-14-5/h4H,1-3H2. The lowest BCUT2D eigenvalue weighted by molar-refractivity contribution is -0.119. The number of hydrogen-bond acceptors (Lipinski definition) is 4. The van der Waals surface area contributed by atoms with E-state index in [0.29, 0.717) is 0 Å². The van der Waals surface area contributed by atoms with E-state index in [1.54, 1.807) is 0 Å². The van der Waals surface area contributed by atoms with Crippen LogP contribution in [0.3, 0.4) is 0 Å². The normalized spacial score (nSPS) is 11.7. The summed E-state index contributed by atoms with van der Waals surface area (Å²) < 4.78 is 36.3. The Labute approximate surface area is 87.5 Å². The van der Waals surface area contributed by atoms with Gasteiger partial charge in [-0.3, -0.25) is 0 Å². The first-order chi connectivity index (χ1) is 6.53. The second kappa shape index (κ2) is 4.79.